The van der Waals surface area contributed by atoms with Crippen molar-refractivity contribution in [2.75, 3.05) is 16.6 Å². The molecule has 3 aromatic carbocycles. The maximum absolute atomic E-state index is 13.8. The van der Waals surface area contributed by atoms with E-state index in [4.69, 9.17) is 4.74 Å². The van der Waals surface area contributed by atoms with Gasteiger partial charge in [0.2, 0.25) is 0 Å². The Morgan fingerprint density at radius 1 is 1.07 bits per heavy atom. The summed E-state index contributed by atoms with van der Waals surface area (Å²) in [6, 6.07) is 16.9. The molecule has 0 aliphatic carbocycles. The standard InChI is InChI=1S/C21H18BrFN2O4S/c1-14-6-9-16(24-21(26)13-29-17-10-7-15(22)8-11-17)12-20(14)30(27,28)25-19-5-3-2-4-18(19)23/h2-12,25H,13H2,1H3,(H,24,26). The van der Waals surface area contributed by atoms with Crippen molar-refractivity contribution in [3.63, 3.8) is 0 Å². The van der Waals surface area contributed by atoms with Crippen LogP contribution in [0.2, 0.25) is 0 Å². The number of aryl methyl sites for hydroxylation is 1. The fourth-order valence-corrected chi connectivity index (χ4v) is 4.19. The van der Waals surface area contributed by atoms with Crippen LogP contribution in [0.5, 0.6) is 5.75 Å². The van der Waals surface area contributed by atoms with Crippen molar-refractivity contribution >= 4 is 43.2 Å². The van der Waals surface area contributed by atoms with Crippen molar-refractivity contribution in [3.8, 4) is 5.75 Å². The van der Waals surface area contributed by atoms with Gasteiger partial charge in [-0.3, -0.25) is 9.52 Å². The molecular weight excluding hydrogens is 475 g/mol. The van der Waals surface area contributed by atoms with Gasteiger partial charge in [-0.25, -0.2) is 12.8 Å². The first-order valence-corrected chi connectivity index (χ1v) is 11.1. The molecule has 0 aliphatic rings. The lowest BCUT2D eigenvalue weighted by atomic mass is 10.2. The number of benzene rings is 3. The fraction of sp³-hybridized carbons (Fsp3) is 0.0952. The number of nitrogens with one attached hydrogen (secondary N) is 2. The lowest BCUT2D eigenvalue weighted by Crippen LogP contribution is -2.21. The first-order chi connectivity index (χ1) is 14.2. The molecule has 0 saturated heterocycles. The molecule has 3 aromatic rings. The number of sulfonamides is 1. The van der Waals surface area contributed by atoms with Crippen LogP contribution in [0.25, 0.3) is 0 Å². The summed E-state index contributed by atoms with van der Waals surface area (Å²) in [7, 11) is -4.06. The van der Waals surface area contributed by atoms with Gasteiger partial charge in [-0.1, -0.05) is 34.1 Å². The van der Waals surface area contributed by atoms with Crippen molar-refractivity contribution in [2.24, 2.45) is 0 Å². The van der Waals surface area contributed by atoms with E-state index in [0.29, 0.717) is 11.3 Å². The average molecular weight is 493 g/mol. The number of amides is 1. The van der Waals surface area contributed by atoms with E-state index in [2.05, 4.69) is 26.0 Å². The van der Waals surface area contributed by atoms with Crippen LogP contribution in [0.4, 0.5) is 15.8 Å². The molecule has 6 nitrogen and oxygen atoms in total. The minimum Gasteiger partial charge on any atom is -0.484 e. The summed E-state index contributed by atoms with van der Waals surface area (Å²) >= 11 is 3.31. The molecule has 0 heterocycles. The van der Waals surface area contributed by atoms with Gasteiger partial charge in [0.1, 0.15) is 11.6 Å². The van der Waals surface area contributed by atoms with Crippen molar-refractivity contribution in [3.05, 3.63) is 82.6 Å². The Kier molecular flexibility index (Phi) is 6.73. The molecule has 0 radical (unpaired) electrons. The van der Waals surface area contributed by atoms with E-state index in [-0.39, 0.29) is 22.9 Å². The molecule has 9 heteroatoms. The number of carbonyl (C=O) groups excluding carboxylic acids is 1. The summed E-state index contributed by atoms with van der Waals surface area (Å²) in [6.07, 6.45) is 0. The third-order valence-electron chi connectivity index (χ3n) is 4.06. The van der Waals surface area contributed by atoms with Crippen LogP contribution in [-0.2, 0) is 14.8 Å². The summed E-state index contributed by atoms with van der Waals surface area (Å²) < 4.78 is 47.8. The highest BCUT2D eigenvalue weighted by Gasteiger charge is 2.19. The molecule has 0 saturated carbocycles. The predicted molar refractivity (Wildman–Crippen MR) is 117 cm³/mol. The molecule has 0 atom stereocenters. The molecule has 30 heavy (non-hydrogen) atoms. The van der Waals surface area contributed by atoms with E-state index < -0.39 is 21.7 Å². The molecule has 2 N–H and O–H groups in total. The number of carbonyl (C=O) groups is 1. The van der Waals surface area contributed by atoms with Crippen LogP contribution < -0.4 is 14.8 Å². The third-order valence-corrected chi connectivity index (χ3v) is 6.10. The van der Waals surface area contributed by atoms with Crippen LogP contribution in [0, 0.1) is 12.7 Å². The Hall–Kier alpha value is -2.91. The number of para-hydroxylation sites is 1. The molecule has 0 aromatic heterocycles. The minimum atomic E-state index is -4.06. The normalized spacial score (nSPS) is 11.0. The fourth-order valence-electron chi connectivity index (χ4n) is 2.59. The topological polar surface area (TPSA) is 84.5 Å². The summed E-state index contributed by atoms with van der Waals surface area (Å²) in [6.45, 7) is 1.36. The van der Waals surface area contributed by atoms with E-state index in [1.807, 2.05) is 0 Å². The zero-order chi connectivity index (χ0) is 21.7. The van der Waals surface area contributed by atoms with Crippen molar-refractivity contribution in [1.29, 1.82) is 0 Å². The highest BCUT2D eigenvalue weighted by Crippen LogP contribution is 2.24. The lowest BCUT2D eigenvalue weighted by Gasteiger charge is -2.13. The van der Waals surface area contributed by atoms with Crippen molar-refractivity contribution in [1.82, 2.24) is 0 Å². The monoisotopic (exact) mass is 492 g/mol. The minimum absolute atomic E-state index is 0.0719. The quantitative estimate of drug-likeness (QED) is 0.499. The Balaban J connectivity index is 1.72. The molecule has 0 bridgehead atoms. The number of hydrogen-bond acceptors (Lipinski definition) is 4. The van der Waals surface area contributed by atoms with Crippen molar-refractivity contribution < 1.29 is 22.3 Å². The second-order valence-corrected chi connectivity index (χ2v) is 8.92. The molecule has 0 aliphatic heterocycles. The Morgan fingerprint density at radius 3 is 2.47 bits per heavy atom. The average Bonchev–Trinajstić information content (AvgIpc) is 2.70. The number of halogens is 2. The maximum atomic E-state index is 13.8. The number of hydrogen-bond donors (Lipinski definition) is 2. The predicted octanol–water partition coefficient (Wildman–Crippen LogP) is 4.71. The van der Waals surface area contributed by atoms with Gasteiger partial charge in [0, 0.05) is 10.2 Å². The van der Waals surface area contributed by atoms with Gasteiger partial charge in [-0.2, -0.15) is 0 Å². The molecule has 0 fully saturated rings. The lowest BCUT2D eigenvalue weighted by molar-refractivity contribution is -0.118. The van der Waals surface area contributed by atoms with Gasteiger partial charge in [-0.05, 0) is 61.0 Å². The van der Waals surface area contributed by atoms with E-state index in [1.165, 1.54) is 24.3 Å². The van der Waals surface area contributed by atoms with Crippen LogP contribution in [-0.4, -0.2) is 20.9 Å². The maximum Gasteiger partial charge on any atom is 0.262 e. The van der Waals surface area contributed by atoms with Gasteiger partial charge < -0.3 is 10.1 Å². The molecular formula is C21H18BrFN2O4S. The number of rotatable bonds is 7. The SMILES string of the molecule is Cc1ccc(NC(=O)COc2ccc(Br)cc2)cc1S(=O)(=O)Nc1ccccc1F. The smallest absolute Gasteiger partial charge is 0.262 e. The number of anilines is 2. The van der Waals surface area contributed by atoms with Crippen LogP contribution >= 0.6 is 15.9 Å². The Morgan fingerprint density at radius 2 is 1.77 bits per heavy atom. The Labute approximate surface area is 182 Å². The first kappa shape index (κ1) is 21.8. The summed E-state index contributed by atoms with van der Waals surface area (Å²) in [5.74, 6) is -0.616. The molecule has 1 amide bonds. The second-order valence-electron chi connectivity index (χ2n) is 6.36. The van der Waals surface area contributed by atoms with Gasteiger partial charge in [0.25, 0.3) is 15.9 Å². The molecule has 3 rings (SSSR count). The highest BCUT2D eigenvalue weighted by atomic mass is 79.9. The van der Waals surface area contributed by atoms with E-state index >= 15 is 0 Å². The summed E-state index contributed by atoms with van der Waals surface area (Å²) in [5.41, 5.74) is 0.566. The van der Waals surface area contributed by atoms with Crippen LogP contribution in [0.3, 0.4) is 0 Å². The zero-order valence-electron chi connectivity index (χ0n) is 15.9. The zero-order valence-corrected chi connectivity index (χ0v) is 18.3. The second kappa shape index (κ2) is 9.27. The largest absolute Gasteiger partial charge is 0.484 e. The van der Waals surface area contributed by atoms with Gasteiger partial charge in [-0.15, -0.1) is 0 Å². The van der Waals surface area contributed by atoms with Gasteiger partial charge >= 0.3 is 0 Å². The summed E-state index contributed by atoms with van der Waals surface area (Å²) in [5, 5.41) is 2.60. The molecule has 156 valence electrons. The molecule has 0 unspecified atom stereocenters. The summed E-state index contributed by atoms with van der Waals surface area (Å²) in [4.78, 5) is 12.1. The van der Waals surface area contributed by atoms with E-state index in [1.54, 1.807) is 43.3 Å². The van der Waals surface area contributed by atoms with E-state index in [9.17, 15) is 17.6 Å². The Bertz CT molecular complexity index is 1170. The number of ether oxygens (including phenoxy) is 1. The third kappa shape index (κ3) is 5.58. The van der Waals surface area contributed by atoms with Crippen LogP contribution in [0.1, 0.15) is 5.56 Å². The van der Waals surface area contributed by atoms with E-state index in [0.717, 1.165) is 10.5 Å². The van der Waals surface area contributed by atoms with Gasteiger partial charge in [0.05, 0.1) is 10.6 Å². The van der Waals surface area contributed by atoms with Crippen LogP contribution in [0.15, 0.2) is 76.1 Å². The first-order valence-electron chi connectivity index (χ1n) is 8.81. The molecule has 0 spiro atoms. The highest BCUT2D eigenvalue weighted by molar-refractivity contribution is 9.10. The van der Waals surface area contributed by atoms with Crippen molar-refractivity contribution in [2.45, 2.75) is 11.8 Å². The van der Waals surface area contributed by atoms with Gasteiger partial charge in [0.15, 0.2) is 6.61 Å².